The third-order valence-electron chi connectivity index (χ3n) is 8.16. The van der Waals surface area contributed by atoms with E-state index in [4.69, 9.17) is 4.98 Å². The Bertz CT molecular complexity index is 2310. The van der Waals surface area contributed by atoms with Gasteiger partial charge in [-0.25, -0.2) is 4.98 Å². The maximum absolute atomic E-state index is 9.41. The maximum atomic E-state index is 9.41. The van der Waals surface area contributed by atoms with Gasteiger partial charge in [0.1, 0.15) is 0 Å². The molecule has 0 spiro atoms. The Labute approximate surface area is 265 Å². The van der Waals surface area contributed by atoms with Gasteiger partial charge in [0.15, 0.2) is 0 Å². The van der Waals surface area contributed by atoms with Crippen LogP contribution >= 0.6 is 11.3 Å². The van der Waals surface area contributed by atoms with Gasteiger partial charge in [0.25, 0.3) is 0 Å². The number of thiophene rings is 1. The smallest absolute Gasteiger partial charge is 0.0992 e. The summed E-state index contributed by atoms with van der Waals surface area (Å²) in [6, 6.07) is 50.8. The molecule has 0 unspecified atom stereocenters. The lowest BCUT2D eigenvalue weighted by Gasteiger charge is -2.14. The number of nitriles is 1. The van der Waals surface area contributed by atoms with E-state index in [1.807, 2.05) is 36.5 Å². The minimum Gasteiger partial charge on any atom is -0.264 e. The Hall–Kier alpha value is -5.89. The second-order valence-electron chi connectivity index (χ2n) is 11.0. The predicted molar refractivity (Wildman–Crippen MR) is 187 cm³/mol. The average molecular weight is 592 g/mol. The molecule has 0 fully saturated rings. The fourth-order valence-corrected chi connectivity index (χ4v) is 7.09. The van der Waals surface area contributed by atoms with Crippen LogP contribution < -0.4 is 0 Å². The van der Waals surface area contributed by atoms with Crippen molar-refractivity contribution in [3.05, 3.63) is 157 Å². The molecule has 0 amide bonds. The zero-order valence-electron chi connectivity index (χ0n) is 24.2. The summed E-state index contributed by atoms with van der Waals surface area (Å²) < 4.78 is 2.32. The molecule has 3 aromatic heterocycles. The van der Waals surface area contributed by atoms with Gasteiger partial charge in [-0.15, -0.1) is 11.3 Å². The van der Waals surface area contributed by atoms with Crippen LogP contribution in [0.4, 0.5) is 0 Å². The fraction of sp³-hybridized carbons (Fsp3) is 0. The Morgan fingerprint density at radius 2 is 1.07 bits per heavy atom. The molecule has 0 N–H and O–H groups in total. The van der Waals surface area contributed by atoms with Crippen molar-refractivity contribution < 1.29 is 0 Å². The van der Waals surface area contributed by atoms with Gasteiger partial charge < -0.3 is 0 Å². The van der Waals surface area contributed by atoms with E-state index >= 15 is 0 Å². The lowest BCUT2D eigenvalue weighted by atomic mass is 9.93. The lowest BCUT2D eigenvalue weighted by Crippen LogP contribution is -1.93. The molecule has 0 aliphatic rings. The summed E-state index contributed by atoms with van der Waals surface area (Å²) in [5.74, 6) is 0. The molecule has 3 heterocycles. The number of hydrogen-bond donors (Lipinski definition) is 0. The summed E-state index contributed by atoms with van der Waals surface area (Å²) in [5, 5.41) is 11.8. The van der Waals surface area contributed by atoms with Gasteiger partial charge >= 0.3 is 0 Å². The quantitative estimate of drug-likeness (QED) is 0.200. The third-order valence-corrected chi connectivity index (χ3v) is 9.28. The monoisotopic (exact) mass is 591 g/mol. The van der Waals surface area contributed by atoms with Crippen molar-refractivity contribution in [3.8, 4) is 62.0 Å². The molecule has 3 nitrogen and oxygen atoms in total. The first-order valence-corrected chi connectivity index (χ1v) is 15.6. The molecule has 4 heteroatoms. The Morgan fingerprint density at radius 1 is 0.467 bits per heavy atom. The van der Waals surface area contributed by atoms with E-state index in [0.717, 1.165) is 60.6 Å². The summed E-state index contributed by atoms with van der Waals surface area (Å²) in [5.41, 5.74) is 11.3. The summed E-state index contributed by atoms with van der Waals surface area (Å²) in [4.78, 5) is 9.64. The standard InChI is InChI=1S/C41H25N3S/c42-25-27-13-15-36-37-16-14-30(24-41(37)45-40(36)18-27)32-19-33(31-12-7-17-43-26-31)21-35(20-32)39-23-34(28-8-3-1-4-9-28)22-38(44-39)29-10-5-2-6-11-29/h1-24,26H. The van der Waals surface area contributed by atoms with E-state index in [1.165, 1.54) is 15.5 Å². The minimum absolute atomic E-state index is 0.684. The highest BCUT2D eigenvalue weighted by Crippen LogP contribution is 2.39. The van der Waals surface area contributed by atoms with Gasteiger partial charge in [0, 0.05) is 49.3 Å². The predicted octanol–water partition coefficient (Wildman–Crippen LogP) is 11.1. The van der Waals surface area contributed by atoms with E-state index in [-0.39, 0.29) is 0 Å². The summed E-state index contributed by atoms with van der Waals surface area (Å²) in [7, 11) is 0. The average Bonchev–Trinajstić information content (AvgIpc) is 3.49. The van der Waals surface area contributed by atoms with Crippen molar-refractivity contribution in [1.29, 1.82) is 5.26 Å². The molecule has 0 atom stereocenters. The SMILES string of the molecule is N#Cc1ccc2c(c1)sc1cc(-c3cc(-c4cccnc4)cc(-c4cc(-c5ccccc5)cc(-c5ccccc5)n4)c3)ccc12. The Morgan fingerprint density at radius 3 is 1.78 bits per heavy atom. The Balaban J connectivity index is 1.33. The van der Waals surface area contributed by atoms with Gasteiger partial charge in [-0.2, -0.15) is 5.26 Å². The summed E-state index contributed by atoms with van der Waals surface area (Å²) in [6.07, 6.45) is 3.71. The van der Waals surface area contributed by atoms with Gasteiger partial charge in [0.2, 0.25) is 0 Å². The van der Waals surface area contributed by atoms with Crippen molar-refractivity contribution >= 4 is 31.5 Å². The van der Waals surface area contributed by atoms with E-state index < -0.39 is 0 Å². The molecule has 0 saturated heterocycles. The lowest BCUT2D eigenvalue weighted by molar-refractivity contribution is 1.31. The molecule has 0 radical (unpaired) electrons. The first-order valence-electron chi connectivity index (χ1n) is 14.8. The highest BCUT2D eigenvalue weighted by Gasteiger charge is 2.14. The number of rotatable bonds is 5. The van der Waals surface area contributed by atoms with Crippen LogP contribution in [0.2, 0.25) is 0 Å². The van der Waals surface area contributed by atoms with Crippen LogP contribution in [-0.4, -0.2) is 9.97 Å². The highest BCUT2D eigenvalue weighted by atomic mass is 32.1. The zero-order chi connectivity index (χ0) is 30.2. The highest BCUT2D eigenvalue weighted by molar-refractivity contribution is 7.25. The van der Waals surface area contributed by atoms with Crippen molar-refractivity contribution in [2.24, 2.45) is 0 Å². The van der Waals surface area contributed by atoms with Crippen molar-refractivity contribution in [3.63, 3.8) is 0 Å². The van der Waals surface area contributed by atoms with Crippen molar-refractivity contribution in [2.75, 3.05) is 0 Å². The normalized spacial score (nSPS) is 11.1. The molecule has 0 bridgehead atoms. The zero-order valence-corrected chi connectivity index (χ0v) is 25.0. The molecule has 5 aromatic carbocycles. The van der Waals surface area contributed by atoms with Crippen molar-refractivity contribution in [2.45, 2.75) is 0 Å². The molecule has 210 valence electrons. The first kappa shape index (κ1) is 26.7. The molecule has 0 aliphatic heterocycles. The van der Waals surface area contributed by atoms with E-state index in [1.54, 1.807) is 17.5 Å². The number of fused-ring (bicyclic) bond motifs is 3. The number of aromatic nitrogens is 2. The molecule has 0 saturated carbocycles. The minimum atomic E-state index is 0.684. The van der Waals surface area contributed by atoms with Crippen LogP contribution in [0.15, 0.2) is 152 Å². The van der Waals surface area contributed by atoms with E-state index in [2.05, 4.69) is 120 Å². The van der Waals surface area contributed by atoms with Crippen LogP contribution in [0, 0.1) is 11.3 Å². The number of hydrogen-bond acceptors (Lipinski definition) is 4. The van der Waals surface area contributed by atoms with Gasteiger partial charge in [-0.1, -0.05) is 84.9 Å². The summed E-state index contributed by atoms with van der Waals surface area (Å²) >= 11 is 1.73. The van der Waals surface area contributed by atoms with Crippen molar-refractivity contribution in [1.82, 2.24) is 9.97 Å². The maximum Gasteiger partial charge on any atom is 0.0992 e. The summed E-state index contributed by atoms with van der Waals surface area (Å²) in [6.45, 7) is 0. The molecular formula is C41H25N3S. The third kappa shape index (κ3) is 5.16. The van der Waals surface area contributed by atoms with Gasteiger partial charge in [0.05, 0.1) is 23.0 Å². The topological polar surface area (TPSA) is 49.6 Å². The molecule has 8 aromatic rings. The molecule has 0 aliphatic carbocycles. The van der Waals surface area contributed by atoms with Crippen LogP contribution in [0.25, 0.3) is 76.1 Å². The van der Waals surface area contributed by atoms with Gasteiger partial charge in [-0.3, -0.25) is 4.98 Å². The van der Waals surface area contributed by atoms with Crippen LogP contribution in [0.3, 0.4) is 0 Å². The van der Waals surface area contributed by atoms with Crippen LogP contribution in [0.1, 0.15) is 5.56 Å². The molecule has 8 rings (SSSR count). The second-order valence-corrected chi connectivity index (χ2v) is 12.1. The first-order chi connectivity index (χ1) is 22.2. The molecule has 45 heavy (non-hydrogen) atoms. The largest absolute Gasteiger partial charge is 0.264 e. The number of benzene rings is 5. The van der Waals surface area contributed by atoms with Gasteiger partial charge in [-0.05, 0) is 82.4 Å². The number of pyridine rings is 2. The van der Waals surface area contributed by atoms with E-state index in [0.29, 0.717) is 5.56 Å². The van der Waals surface area contributed by atoms with Crippen LogP contribution in [0.5, 0.6) is 0 Å². The number of nitrogens with zero attached hydrogens (tertiary/aromatic N) is 3. The second kappa shape index (κ2) is 11.3. The fourth-order valence-electron chi connectivity index (χ4n) is 5.90. The van der Waals surface area contributed by atoms with Crippen LogP contribution in [-0.2, 0) is 0 Å². The molecular weight excluding hydrogens is 567 g/mol. The Kier molecular flexibility index (Phi) is 6.72. The van der Waals surface area contributed by atoms with E-state index in [9.17, 15) is 5.26 Å².